The maximum atomic E-state index is 12.7. The summed E-state index contributed by atoms with van der Waals surface area (Å²) in [6.07, 6.45) is 0.582. The molecule has 0 N–H and O–H groups in total. The Morgan fingerprint density at radius 2 is 2.00 bits per heavy atom. The molecule has 1 saturated heterocycles. The molecule has 0 aromatic carbocycles. The SMILES string of the molecule is CC1CCCC(F)CS1(=O)=O. The summed E-state index contributed by atoms with van der Waals surface area (Å²) in [6.45, 7) is 1.66. The van der Waals surface area contributed by atoms with Crippen molar-refractivity contribution in [3.63, 3.8) is 0 Å². The van der Waals surface area contributed by atoms with Gasteiger partial charge in [0.15, 0.2) is 9.84 Å². The van der Waals surface area contributed by atoms with Gasteiger partial charge in [-0.2, -0.15) is 0 Å². The van der Waals surface area contributed by atoms with Crippen LogP contribution >= 0.6 is 0 Å². The summed E-state index contributed by atoms with van der Waals surface area (Å²) < 4.78 is 35.1. The van der Waals surface area contributed by atoms with Crippen molar-refractivity contribution in [3.05, 3.63) is 0 Å². The lowest BCUT2D eigenvalue weighted by atomic mass is 10.1. The molecule has 0 aromatic rings. The van der Waals surface area contributed by atoms with Crippen molar-refractivity contribution in [3.8, 4) is 0 Å². The largest absolute Gasteiger partial charge is 0.246 e. The van der Waals surface area contributed by atoms with Crippen LogP contribution in [-0.4, -0.2) is 25.6 Å². The van der Waals surface area contributed by atoms with Gasteiger partial charge in [0.25, 0.3) is 0 Å². The van der Waals surface area contributed by atoms with Crippen molar-refractivity contribution in [1.82, 2.24) is 0 Å². The maximum absolute atomic E-state index is 12.7. The minimum Gasteiger partial charge on any atom is -0.246 e. The van der Waals surface area contributed by atoms with Crippen LogP contribution < -0.4 is 0 Å². The van der Waals surface area contributed by atoms with Crippen molar-refractivity contribution in [2.75, 3.05) is 5.75 Å². The molecular weight excluding hydrogens is 167 g/mol. The monoisotopic (exact) mass is 180 g/mol. The molecule has 1 heterocycles. The first-order valence-electron chi connectivity index (χ1n) is 3.88. The molecule has 0 bridgehead atoms. The molecule has 0 saturated carbocycles. The molecule has 1 fully saturated rings. The highest BCUT2D eigenvalue weighted by Crippen LogP contribution is 2.20. The second kappa shape index (κ2) is 3.09. The van der Waals surface area contributed by atoms with Gasteiger partial charge in [0, 0.05) is 0 Å². The highest BCUT2D eigenvalue weighted by Gasteiger charge is 2.28. The third kappa shape index (κ3) is 2.15. The summed E-state index contributed by atoms with van der Waals surface area (Å²) in [7, 11) is -3.12. The number of halogens is 1. The summed E-state index contributed by atoms with van der Waals surface area (Å²) in [6, 6.07) is 0. The lowest BCUT2D eigenvalue weighted by molar-refractivity contribution is 0.339. The van der Waals surface area contributed by atoms with E-state index in [1.54, 1.807) is 6.92 Å². The standard InChI is InChI=1S/C7H13FO2S/c1-6-3-2-4-7(8)5-11(6,9)10/h6-7H,2-5H2,1H3. The lowest BCUT2D eigenvalue weighted by Gasteiger charge is -2.07. The van der Waals surface area contributed by atoms with E-state index in [1.807, 2.05) is 0 Å². The van der Waals surface area contributed by atoms with Crippen molar-refractivity contribution in [2.24, 2.45) is 0 Å². The Balaban J connectivity index is 2.77. The summed E-state index contributed by atoms with van der Waals surface area (Å²) in [5.41, 5.74) is 0. The average molecular weight is 180 g/mol. The van der Waals surface area contributed by atoms with E-state index in [-0.39, 0.29) is 11.0 Å². The van der Waals surface area contributed by atoms with Gasteiger partial charge in [-0.1, -0.05) is 0 Å². The minimum atomic E-state index is -3.12. The first-order valence-corrected chi connectivity index (χ1v) is 5.59. The number of hydrogen-bond donors (Lipinski definition) is 0. The van der Waals surface area contributed by atoms with Crippen molar-refractivity contribution >= 4 is 9.84 Å². The van der Waals surface area contributed by atoms with E-state index < -0.39 is 16.0 Å². The molecule has 0 radical (unpaired) electrons. The Labute approximate surface area is 66.7 Å². The predicted molar refractivity (Wildman–Crippen MR) is 42.0 cm³/mol. The van der Waals surface area contributed by atoms with Gasteiger partial charge in [-0.3, -0.25) is 0 Å². The van der Waals surface area contributed by atoms with Crippen LogP contribution in [0, 0.1) is 0 Å². The molecule has 2 nitrogen and oxygen atoms in total. The second-order valence-corrected chi connectivity index (χ2v) is 5.63. The number of alkyl halides is 1. The van der Waals surface area contributed by atoms with Gasteiger partial charge >= 0.3 is 0 Å². The zero-order valence-electron chi connectivity index (χ0n) is 6.59. The smallest absolute Gasteiger partial charge is 0.155 e. The fourth-order valence-electron chi connectivity index (χ4n) is 1.31. The molecule has 0 spiro atoms. The van der Waals surface area contributed by atoms with Crippen LogP contribution in [-0.2, 0) is 9.84 Å². The molecular formula is C7H13FO2S. The molecule has 1 rings (SSSR count). The zero-order valence-corrected chi connectivity index (χ0v) is 7.40. The Hall–Kier alpha value is -0.120. The predicted octanol–water partition coefficient (Wildman–Crippen LogP) is 1.31. The number of sulfone groups is 1. The van der Waals surface area contributed by atoms with Crippen LogP contribution in [0.3, 0.4) is 0 Å². The molecule has 11 heavy (non-hydrogen) atoms. The molecule has 1 aliphatic rings. The summed E-state index contributed by atoms with van der Waals surface area (Å²) in [5, 5.41) is -0.344. The molecule has 66 valence electrons. The van der Waals surface area contributed by atoms with Gasteiger partial charge in [0.1, 0.15) is 6.17 Å². The van der Waals surface area contributed by atoms with E-state index in [1.165, 1.54) is 0 Å². The number of hydrogen-bond acceptors (Lipinski definition) is 2. The lowest BCUT2D eigenvalue weighted by Crippen LogP contribution is -2.22. The maximum Gasteiger partial charge on any atom is 0.155 e. The van der Waals surface area contributed by atoms with Gasteiger partial charge in [0.2, 0.25) is 0 Å². The van der Waals surface area contributed by atoms with E-state index in [2.05, 4.69) is 0 Å². The fourth-order valence-corrected chi connectivity index (χ4v) is 2.83. The molecule has 0 amide bonds. The summed E-state index contributed by atoms with van der Waals surface area (Å²) >= 11 is 0. The third-order valence-electron chi connectivity index (χ3n) is 2.15. The van der Waals surface area contributed by atoms with Crippen molar-refractivity contribution < 1.29 is 12.8 Å². The van der Waals surface area contributed by atoms with Crippen LogP contribution in [0.5, 0.6) is 0 Å². The zero-order chi connectivity index (χ0) is 8.48. The van der Waals surface area contributed by atoms with Crippen molar-refractivity contribution in [1.29, 1.82) is 0 Å². The molecule has 4 heteroatoms. The van der Waals surface area contributed by atoms with E-state index in [9.17, 15) is 12.8 Å². The van der Waals surface area contributed by atoms with Crippen LogP contribution in [0.25, 0.3) is 0 Å². The van der Waals surface area contributed by atoms with Gasteiger partial charge in [-0.15, -0.1) is 0 Å². The number of rotatable bonds is 0. The topological polar surface area (TPSA) is 34.1 Å². The quantitative estimate of drug-likeness (QED) is 0.563. The van der Waals surface area contributed by atoms with E-state index in [0.717, 1.165) is 0 Å². The fraction of sp³-hybridized carbons (Fsp3) is 1.00. The van der Waals surface area contributed by atoms with E-state index >= 15 is 0 Å². The van der Waals surface area contributed by atoms with Gasteiger partial charge in [0.05, 0.1) is 11.0 Å². The molecule has 0 aromatic heterocycles. The van der Waals surface area contributed by atoms with Gasteiger partial charge in [-0.25, -0.2) is 12.8 Å². The van der Waals surface area contributed by atoms with Crippen LogP contribution in [0.2, 0.25) is 0 Å². The Kier molecular flexibility index (Phi) is 2.52. The van der Waals surface area contributed by atoms with Crippen molar-refractivity contribution in [2.45, 2.75) is 37.6 Å². The first kappa shape index (κ1) is 8.97. The highest BCUT2D eigenvalue weighted by molar-refractivity contribution is 7.92. The van der Waals surface area contributed by atoms with Crippen LogP contribution in [0.1, 0.15) is 26.2 Å². The minimum absolute atomic E-state index is 0.270. The Morgan fingerprint density at radius 3 is 2.64 bits per heavy atom. The Morgan fingerprint density at radius 1 is 1.36 bits per heavy atom. The van der Waals surface area contributed by atoms with E-state index in [0.29, 0.717) is 19.3 Å². The van der Waals surface area contributed by atoms with E-state index in [4.69, 9.17) is 0 Å². The first-order chi connectivity index (χ1) is 5.02. The summed E-state index contributed by atoms with van der Waals surface area (Å²) in [4.78, 5) is 0. The molecule has 2 atom stereocenters. The Bertz CT molecular complexity index is 223. The van der Waals surface area contributed by atoms with Crippen LogP contribution in [0.4, 0.5) is 4.39 Å². The van der Waals surface area contributed by atoms with Gasteiger partial charge < -0.3 is 0 Å². The molecule has 2 unspecified atom stereocenters. The summed E-state index contributed by atoms with van der Waals surface area (Å²) in [5.74, 6) is -0.270. The van der Waals surface area contributed by atoms with Gasteiger partial charge in [-0.05, 0) is 26.2 Å². The highest BCUT2D eigenvalue weighted by atomic mass is 32.2. The normalized spacial score (nSPS) is 38.0. The average Bonchev–Trinajstić information content (AvgIpc) is 1.93. The third-order valence-corrected chi connectivity index (χ3v) is 4.44. The molecule has 0 aliphatic carbocycles. The second-order valence-electron chi connectivity index (χ2n) is 3.17. The molecule has 1 aliphatic heterocycles. The van der Waals surface area contributed by atoms with Crippen LogP contribution in [0.15, 0.2) is 0 Å².